The van der Waals surface area contributed by atoms with Gasteiger partial charge in [-0.1, -0.05) is 13.0 Å². The Bertz CT molecular complexity index is 1030. The van der Waals surface area contributed by atoms with Crippen LogP contribution in [0.3, 0.4) is 0 Å². The van der Waals surface area contributed by atoms with E-state index in [1.165, 1.54) is 17.7 Å². The lowest BCUT2D eigenvalue weighted by Gasteiger charge is -2.16. The van der Waals surface area contributed by atoms with Gasteiger partial charge in [-0.15, -0.1) is 0 Å². The number of benzene rings is 1. The first-order valence-corrected chi connectivity index (χ1v) is 9.23. The summed E-state index contributed by atoms with van der Waals surface area (Å²) in [5.41, 5.74) is 3.05. The molecule has 4 rings (SSSR count). The summed E-state index contributed by atoms with van der Waals surface area (Å²) in [7, 11) is 1.53. The van der Waals surface area contributed by atoms with Crippen LogP contribution >= 0.6 is 0 Å². The molecule has 0 unspecified atom stereocenters. The maximum Gasteiger partial charge on any atom is 0.272 e. The first kappa shape index (κ1) is 17.7. The molecule has 7 heteroatoms. The normalized spacial score (nSPS) is 17.7. The molecule has 1 N–H and O–H groups in total. The van der Waals surface area contributed by atoms with Gasteiger partial charge in [-0.3, -0.25) is 14.8 Å². The van der Waals surface area contributed by atoms with E-state index in [9.17, 15) is 9.18 Å². The number of methoxy groups -OCH3 is 1. The number of nitrogens with one attached hydrogen (secondary N) is 1. The third kappa shape index (κ3) is 3.47. The van der Waals surface area contributed by atoms with Crippen LogP contribution < -0.4 is 10.3 Å². The minimum absolute atomic E-state index is 0.0849. The van der Waals surface area contributed by atoms with E-state index in [-0.39, 0.29) is 17.3 Å². The van der Waals surface area contributed by atoms with Gasteiger partial charge >= 0.3 is 0 Å². The van der Waals surface area contributed by atoms with Crippen molar-refractivity contribution < 1.29 is 9.13 Å². The van der Waals surface area contributed by atoms with E-state index in [2.05, 4.69) is 15.0 Å². The maximum atomic E-state index is 14.2. The van der Waals surface area contributed by atoms with E-state index < -0.39 is 0 Å². The molecule has 0 spiro atoms. The number of hydrogen-bond acceptors (Lipinski definition) is 4. The van der Waals surface area contributed by atoms with Gasteiger partial charge < -0.3 is 4.74 Å². The predicted octanol–water partition coefficient (Wildman–Crippen LogP) is 2.72. The maximum absolute atomic E-state index is 14.2. The number of H-pyrrole nitrogens is 1. The summed E-state index contributed by atoms with van der Waals surface area (Å²) in [6.07, 6.45) is 1.69. The highest BCUT2D eigenvalue weighted by Gasteiger charge is 2.26. The van der Waals surface area contributed by atoms with E-state index in [0.29, 0.717) is 23.5 Å². The molecular formula is C20H23FN4O2. The standard InChI is InChI=1S/C20H23FN4O2/c1-3-15-8-20(26)25-19(22-15)10-18(23-25)14-6-7-24(12-14)11-13-4-5-16(27-2)9-17(13)21/h4-5,8-10,14,23H,3,6-7,11-12H2,1-2H3/t14-/m1/s1. The van der Waals surface area contributed by atoms with Gasteiger partial charge in [0.2, 0.25) is 0 Å². The van der Waals surface area contributed by atoms with E-state index >= 15 is 0 Å². The van der Waals surface area contributed by atoms with Crippen molar-refractivity contribution in [2.45, 2.75) is 32.2 Å². The van der Waals surface area contributed by atoms with Gasteiger partial charge in [0.05, 0.1) is 7.11 Å². The monoisotopic (exact) mass is 370 g/mol. The number of likely N-dealkylation sites (tertiary alicyclic amines) is 1. The number of aromatic amines is 1. The van der Waals surface area contributed by atoms with Crippen molar-refractivity contribution in [3.05, 3.63) is 63.5 Å². The Labute approximate surface area is 156 Å². The Morgan fingerprint density at radius 1 is 1.33 bits per heavy atom. The minimum Gasteiger partial charge on any atom is -0.497 e. The fourth-order valence-corrected chi connectivity index (χ4v) is 3.70. The zero-order chi connectivity index (χ0) is 19.0. The molecule has 0 aliphatic carbocycles. The Morgan fingerprint density at radius 3 is 2.93 bits per heavy atom. The lowest BCUT2D eigenvalue weighted by molar-refractivity contribution is 0.320. The third-order valence-electron chi connectivity index (χ3n) is 5.25. The van der Waals surface area contributed by atoms with Crippen LogP contribution in [0.1, 0.15) is 36.2 Å². The molecule has 3 aromatic rings. The van der Waals surface area contributed by atoms with Crippen molar-refractivity contribution in [2.24, 2.45) is 0 Å². The van der Waals surface area contributed by atoms with Crippen molar-refractivity contribution in [1.82, 2.24) is 19.5 Å². The van der Waals surface area contributed by atoms with Gasteiger partial charge in [-0.25, -0.2) is 13.9 Å². The van der Waals surface area contributed by atoms with Crippen LogP contribution in [0.5, 0.6) is 5.75 Å². The van der Waals surface area contributed by atoms with Crippen molar-refractivity contribution in [3.8, 4) is 5.75 Å². The van der Waals surface area contributed by atoms with Crippen LogP contribution in [0.4, 0.5) is 4.39 Å². The number of fused-ring (bicyclic) bond motifs is 1. The van der Waals surface area contributed by atoms with E-state index in [0.717, 1.165) is 37.3 Å². The molecule has 0 bridgehead atoms. The number of ether oxygens (including phenoxy) is 1. The molecule has 1 aromatic carbocycles. The van der Waals surface area contributed by atoms with Gasteiger partial charge in [-0.05, 0) is 25.5 Å². The SMILES string of the molecule is CCc1cc(=O)n2[nH]c([C@@H]3CCN(Cc4ccc(OC)cc4F)C3)cc2n1. The van der Waals surface area contributed by atoms with E-state index in [4.69, 9.17) is 4.74 Å². The molecule has 0 saturated carbocycles. The first-order valence-electron chi connectivity index (χ1n) is 9.23. The molecule has 2 aromatic heterocycles. The number of rotatable bonds is 5. The Balaban J connectivity index is 1.50. The molecule has 142 valence electrons. The van der Waals surface area contributed by atoms with Gasteiger partial charge in [0.15, 0.2) is 5.65 Å². The van der Waals surface area contributed by atoms with Crippen LogP contribution in [0.25, 0.3) is 5.65 Å². The molecule has 1 fully saturated rings. The minimum atomic E-state index is -0.244. The van der Waals surface area contributed by atoms with Crippen LogP contribution in [-0.2, 0) is 13.0 Å². The van der Waals surface area contributed by atoms with Crippen molar-refractivity contribution in [2.75, 3.05) is 20.2 Å². The smallest absolute Gasteiger partial charge is 0.272 e. The van der Waals surface area contributed by atoms with Crippen molar-refractivity contribution in [3.63, 3.8) is 0 Å². The fraction of sp³-hybridized carbons (Fsp3) is 0.400. The molecule has 1 atom stereocenters. The highest BCUT2D eigenvalue weighted by atomic mass is 19.1. The average Bonchev–Trinajstić information content (AvgIpc) is 3.30. The summed E-state index contributed by atoms with van der Waals surface area (Å²) in [4.78, 5) is 19.0. The topological polar surface area (TPSA) is 62.6 Å². The fourth-order valence-electron chi connectivity index (χ4n) is 3.70. The Kier molecular flexibility index (Phi) is 4.70. The molecule has 6 nitrogen and oxygen atoms in total. The highest BCUT2D eigenvalue weighted by molar-refractivity contribution is 5.41. The van der Waals surface area contributed by atoms with E-state index in [1.807, 2.05) is 13.0 Å². The molecule has 1 saturated heterocycles. The summed E-state index contributed by atoms with van der Waals surface area (Å²) in [6, 6.07) is 8.51. The summed E-state index contributed by atoms with van der Waals surface area (Å²) < 4.78 is 20.8. The second-order valence-electron chi connectivity index (χ2n) is 7.02. The first-order chi connectivity index (χ1) is 13.1. The van der Waals surface area contributed by atoms with Crippen LogP contribution in [0.2, 0.25) is 0 Å². The predicted molar refractivity (Wildman–Crippen MR) is 101 cm³/mol. The van der Waals surface area contributed by atoms with Crippen molar-refractivity contribution in [1.29, 1.82) is 0 Å². The summed E-state index contributed by atoms with van der Waals surface area (Å²) in [5.74, 6) is 0.557. The molecule has 27 heavy (non-hydrogen) atoms. The third-order valence-corrected chi connectivity index (χ3v) is 5.25. The number of aryl methyl sites for hydroxylation is 1. The van der Waals surface area contributed by atoms with Crippen LogP contribution in [0.15, 0.2) is 35.1 Å². The largest absolute Gasteiger partial charge is 0.497 e. The number of nitrogens with zero attached hydrogens (tertiary/aromatic N) is 3. The average molecular weight is 370 g/mol. The molecular weight excluding hydrogens is 347 g/mol. The number of hydrogen-bond donors (Lipinski definition) is 1. The molecule has 1 aliphatic rings. The zero-order valence-corrected chi connectivity index (χ0v) is 15.5. The molecule has 3 heterocycles. The second-order valence-corrected chi connectivity index (χ2v) is 7.02. The van der Waals surface area contributed by atoms with Crippen LogP contribution in [-0.4, -0.2) is 39.7 Å². The molecule has 1 aliphatic heterocycles. The number of aromatic nitrogens is 3. The highest BCUT2D eigenvalue weighted by Crippen LogP contribution is 2.28. The molecule has 0 amide bonds. The van der Waals surface area contributed by atoms with Gasteiger partial charge in [0.1, 0.15) is 11.6 Å². The molecule has 0 radical (unpaired) electrons. The summed E-state index contributed by atoms with van der Waals surface area (Å²) in [6.45, 7) is 4.24. The summed E-state index contributed by atoms with van der Waals surface area (Å²) in [5, 5.41) is 3.19. The van der Waals surface area contributed by atoms with Crippen molar-refractivity contribution >= 4 is 5.65 Å². The lowest BCUT2D eigenvalue weighted by Crippen LogP contribution is -2.20. The Hall–Kier alpha value is -2.67. The quantitative estimate of drug-likeness (QED) is 0.750. The summed E-state index contributed by atoms with van der Waals surface area (Å²) >= 11 is 0. The van der Waals surface area contributed by atoms with Crippen LogP contribution in [0, 0.1) is 5.82 Å². The lowest BCUT2D eigenvalue weighted by atomic mass is 10.1. The van der Waals surface area contributed by atoms with E-state index in [1.54, 1.807) is 18.2 Å². The zero-order valence-electron chi connectivity index (χ0n) is 15.5. The van der Waals surface area contributed by atoms with Gasteiger partial charge in [-0.2, -0.15) is 0 Å². The number of halogens is 1. The van der Waals surface area contributed by atoms with Gasteiger partial charge in [0, 0.05) is 54.2 Å². The second kappa shape index (κ2) is 7.15. The Morgan fingerprint density at radius 2 is 2.19 bits per heavy atom. The van der Waals surface area contributed by atoms with Gasteiger partial charge in [0.25, 0.3) is 5.56 Å².